The number of aryl methyl sites for hydroxylation is 2. The molecule has 3 nitrogen and oxygen atoms in total. The van der Waals surface area contributed by atoms with E-state index in [9.17, 15) is 0 Å². The Morgan fingerprint density at radius 3 is 2.35 bits per heavy atom. The summed E-state index contributed by atoms with van der Waals surface area (Å²) in [5.74, 6) is 1.45. The number of hydrogen-bond donors (Lipinski definition) is 1. The van der Waals surface area contributed by atoms with Crippen molar-refractivity contribution in [3.05, 3.63) is 53.2 Å². The topological polar surface area (TPSA) is 34.1 Å². The van der Waals surface area contributed by atoms with Crippen LogP contribution in [0.1, 0.15) is 30.7 Å². The van der Waals surface area contributed by atoms with Crippen LogP contribution in [0.2, 0.25) is 0 Å². The lowest BCUT2D eigenvalue weighted by Gasteiger charge is -2.11. The van der Waals surface area contributed by atoms with Crippen LogP contribution in [0.25, 0.3) is 0 Å². The second-order valence-corrected chi connectivity index (χ2v) is 5.34. The summed E-state index contributed by atoms with van der Waals surface area (Å²) in [4.78, 5) is 4.51. The van der Waals surface area contributed by atoms with Crippen LogP contribution in [0.15, 0.2) is 36.4 Å². The molecule has 0 aliphatic heterocycles. The number of ether oxygens (including phenoxy) is 1. The SMILES string of the molecule is Cc1ccc(Oc2ccc(CNC(C)C)c(C)n2)cc1. The molecule has 20 heavy (non-hydrogen) atoms. The molecule has 2 rings (SSSR count). The molecule has 0 aliphatic rings. The Balaban J connectivity index is 2.06. The van der Waals surface area contributed by atoms with E-state index in [1.54, 1.807) is 0 Å². The number of hydrogen-bond acceptors (Lipinski definition) is 3. The molecule has 0 radical (unpaired) electrons. The van der Waals surface area contributed by atoms with Gasteiger partial charge in [-0.15, -0.1) is 0 Å². The Hall–Kier alpha value is -1.87. The average molecular weight is 270 g/mol. The smallest absolute Gasteiger partial charge is 0.219 e. The van der Waals surface area contributed by atoms with Crippen LogP contribution < -0.4 is 10.1 Å². The van der Waals surface area contributed by atoms with E-state index in [1.807, 2.05) is 37.3 Å². The molecule has 1 aromatic carbocycles. The highest BCUT2D eigenvalue weighted by Gasteiger charge is 2.04. The van der Waals surface area contributed by atoms with Crippen molar-refractivity contribution < 1.29 is 4.74 Å². The molecule has 0 fully saturated rings. The summed E-state index contributed by atoms with van der Waals surface area (Å²) in [7, 11) is 0. The Kier molecular flexibility index (Phi) is 4.74. The normalized spacial score (nSPS) is 10.8. The van der Waals surface area contributed by atoms with Crippen molar-refractivity contribution in [3.8, 4) is 11.6 Å². The fourth-order valence-electron chi connectivity index (χ4n) is 1.85. The zero-order valence-electron chi connectivity index (χ0n) is 12.6. The summed E-state index contributed by atoms with van der Waals surface area (Å²) in [5.41, 5.74) is 3.43. The predicted octanol–water partition coefficient (Wildman–Crippen LogP) is 3.99. The van der Waals surface area contributed by atoms with Gasteiger partial charge >= 0.3 is 0 Å². The van der Waals surface area contributed by atoms with Gasteiger partial charge in [0, 0.05) is 24.3 Å². The molecule has 1 heterocycles. The Bertz CT molecular complexity index is 562. The van der Waals surface area contributed by atoms with Crippen molar-refractivity contribution in [1.29, 1.82) is 0 Å². The maximum atomic E-state index is 5.76. The van der Waals surface area contributed by atoms with Gasteiger partial charge in [0.2, 0.25) is 5.88 Å². The van der Waals surface area contributed by atoms with E-state index >= 15 is 0 Å². The van der Waals surface area contributed by atoms with Crippen molar-refractivity contribution in [1.82, 2.24) is 10.3 Å². The molecule has 0 unspecified atom stereocenters. The molecule has 3 heteroatoms. The molecule has 1 N–H and O–H groups in total. The lowest BCUT2D eigenvalue weighted by Crippen LogP contribution is -2.22. The number of pyridine rings is 1. The molecular weight excluding hydrogens is 248 g/mol. The zero-order valence-corrected chi connectivity index (χ0v) is 12.6. The predicted molar refractivity (Wildman–Crippen MR) is 82.2 cm³/mol. The third-order valence-electron chi connectivity index (χ3n) is 3.11. The monoisotopic (exact) mass is 270 g/mol. The Morgan fingerprint density at radius 1 is 1.05 bits per heavy atom. The number of aromatic nitrogens is 1. The van der Waals surface area contributed by atoms with Crippen LogP contribution in [-0.4, -0.2) is 11.0 Å². The third kappa shape index (κ3) is 4.07. The molecule has 2 aromatic rings. The first-order valence-electron chi connectivity index (χ1n) is 6.99. The van der Waals surface area contributed by atoms with Crippen LogP contribution in [0.3, 0.4) is 0 Å². The molecule has 106 valence electrons. The standard InChI is InChI=1S/C17H22N2O/c1-12(2)18-11-15-7-10-17(19-14(15)4)20-16-8-5-13(3)6-9-16/h5-10,12,18H,11H2,1-4H3. The first kappa shape index (κ1) is 14.5. The van der Waals surface area contributed by atoms with Crippen molar-refractivity contribution in [2.75, 3.05) is 0 Å². The fourth-order valence-corrected chi connectivity index (χ4v) is 1.85. The maximum absolute atomic E-state index is 5.76. The van der Waals surface area contributed by atoms with E-state index in [0.29, 0.717) is 11.9 Å². The van der Waals surface area contributed by atoms with E-state index < -0.39 is 0 Å². The van der Waals surface area contributed by atoms with Crippen molar-refractivity contribution in [2.45, 2.75) is 40.3 Å². The van der Waals surface area contributed by atoms with Crippen molar-refractivity contribution >= 4 is 0 Å². The third-order valence-corrected chi connectivity index (χ3v) is 3.11. The number of rotatable bonds is 5. The van der Waals surface area contributed by atoms with E-state index in [4.69, 9.17) is 4.74 Å². The van der Waals surface area contributed by atoms with Crippen LogP contribution in [0.5, 0.6) is 11.6 Å². The Labute approximate surface area is 121 Å². The van der Waals surface area contributed by atoms with E-state index in [-0.39, 0.29) is 0 Å². The van der Waals surface area contributed by atoms with Gasteiger partial charge in [0.1, 0.15) is 5.75 Å². The zero-order chi connectivity index (χ0) is 14.5. The van der Waals surface area contributed by atoms with Gasteiger partial charge in [-0.2, -0.15) is 0 Å². The van der Waals surface area contributed by atoms with Crippen LogP contribution in [0.4, 0.5) is 0 Å². The molecule has 0 spiro atoms. The summed E-state index contributed by atoms with van der Waals surface area (Å²) in [5, 5.41) is 3.40. The molecule has 0 saturated carbocycles. The van der Waals surface area contributed by atoms with Crippen LogP contribution in [0, 0.1) is 13.8 Å². The highest BCUT2D eigenvalue weighted by Crippen LogP contribution is 2.21. The summed E-state index contributed by atoms with van der Waals surface area (Å²) < 4.78 is 5.76. The van der Waals surface area contributed by atoms with E-state index in [0.717, 1.165) is 18.0 Å². The molecule has 0 saturated heterocycles. The molecule has 0 bridgehead atoms. The van der Waals surface area contributed by atoms with Gasteiger partial charge in [0.05, 0.1) is 0 Å². The minimum Gasteiger partial charge on any atom is -0.439 e. The first-order valence-corrected chi connectivity index (χ1v) is 6.99. The number of benzene rings is 1. The first-order chi connectivity index (χ1) is 9.54. The van der Waals surface area contributed by atoms with Crippen LogP contribution in [-0.2, 0) is 6.54 Å². The number of nitrogens with one attached hydrogen (secondary N) is 1. The summed E-state index contributed by atoms with van der Waals surface area (Å²) in [6.07, 6.45) is 0. The largest absolute Gasteiger partial charge is 0.439 e. The summed E-state index contributed by atoms with van der Waals surface area (Å²) >= 11 is 0. The van der Waals surface area contributed by atoms with Crippen molar-refractivity contribution in [3.63, 3.8) is 0 Å². The van der Waals surface area contributed by atoms with Gasteiger partial charge in [-0.3, -0.25) is 0 Å². The van der Waals surface area contributed by atoms with Gasteiger partial charge in [-0.25, -0.2) is 4.98 Å². The minimum absolute atomic E-state index is 0.470. The molecule has 0 aliphatic carbocycles. The second kappa shape index (κ2) is 6.53. The second-order valence-electron chi connectivity index (χ2n) is 5.34. The summed E-state index contributed by atoms with van der Waals surface area (Å²) in [6, 6.07) is 12.4. The summed E-state index contributed by atoms with van der Waals surface area (Å²) in [6.45, 7) is 9.18. The van der Waals surface area contributed by atoms with E-state index in [2.05, 4.69) is 37.1 Å². The van der Waals surface area contributed by atoms with Crippen molar-refractivity contribution in [2.24, 2.45) is 0 Å². The number of nitrogens with zero attached hydrogens (tertiary/aromatic N) is 1. The van der Waals surface area contributed by atoms with Gasteiger partial charge < -0.3 is 10.1 Å². The molecule has 1 aromatic heterocycles. The fraction of sp³-hybridized carbons (Fsp3) is 0.353. The highest BCUT2D eigenvalue weighted by molar-refractivity contribution is 5.32. The minimum atomic E-state index is 0.470. The maximum Gasteiger partial charge on any atom is 0.219 e. The lowest BCUT2D eigenvalue weighted by molar-refractivity contribution is 0.460. The van der Waals surface area contributed by atoms with Gasteiger partial charge in [0.15, 0.2) is 0 Å². The van der Waals surface area contributed by atoms with Gasteiger partial charge in [0.25, 0.3) is 0 Å². The highest BCUT2D eigenvalue weighted by atomic mass is 16.5. The molecule has 0 amide bonds. The van der Waals surface area contributed by atoms with Gasteiger partial charge in [-0.1, -0.05) is 37.6 Å². The Morgan fingerprint density at radius 2 is 1.75 bits per heavy atom. The van der Waals surface area contributed by atoms with E-state index in [1.165, 1.54) is 11.1 Å². The molecular formula is C17H22N2O. The van der Waals surface area contributed by atoms with Gasteiger partial charge in [-0.05, 0) is 31.5 Å². The lowest BCUT2D eigenvalue weighted by atomic mass is 10.2. The quantitative estimate of drug-likeness (QED) is 0.892. The average Bonchev–Trinajstić information content (AvgIpc) is 2.40. The van der Waals surface area contributed by atoms with Crippen LogP contribution >= 0.6 is 0 Å². The molecule has 0 atom stereocenters.